The van der Waals surface area contributed by atoms with Gasteiger partial charge >= 0.3 is 6.18 Å². The maximum atomic E-state index is 12.5. The van der Waals surface area contributed by atoms with Crippen molar-refractivity contribution in [1.82, 2.24) is 5.43 Å². The van der Waals surface area contributed by atoms with Crippen molar-refractivity contribution in [3.05, 3.63) is 35.4 Å². The first-order valence-electron chi connectivity index (χ1n) is 5.67. The second kappa shape index (κ2) is 7.01. The van der Waals surface area contributed by atoms with Crippen molar-refractivity contribution in [2.75, 3.05) is 11.5 Å². The van der Waals surface area contributed by atoms with Crippen molar-refractivity contribution in [2.24, 2.45) is 5.84 Å². The van der Waals surface area contributed by atoms with E-state index in [2.05, 4.69) is 5.43 Å². The van der Waals surface area contributed by atoms with Crippen LogP contribution in [0.15, 0.2) is 24.3 Å². The van der Waals surface area contributed by atoms with Gasteiger partial charge in [-0.05, 0) is 23.8 Å². The summed E-state index contributed by atoms with van der Waals surface area (Å²) >= 11 is 1.71. The number of hydrazine groups is 1. The second-order valence-electron chi connectivity index (χ2n) is 3.93. The minimum Gasteiger partial charge on any atom is -0.271 e. The molecule has 0 heterocycles. The molecular formula is C12H17F3N2S. The van der Waals surface area contributed by atoms with Crippen molar-refractivity contribution < 1.29 is 13.2 Å². The Morgan fingerprint density at radius 3 is 2.67 bits per heavy atom. The van der Waals surface area contributed by atoms with Crippen LogP contribution < -0.4 is 11.3 Å². The summed E-state index contributed by atoms with van der Waals surface area (Å²) in [5, 5.41) is 0. The van der Waals surface area contributed by atoms with Gasteiger partial charge in [0.2, 0.25) is 0 Å². The van der Waals surface area contributed by atoms with E-state index < -0.39 is 11.7 Å². The van der Waals surface area contributed by atoms with Gasteiger partial charge in [0.1, 0.15) is 0 Å². The van der Waals surface area contributed by atoms with Crippen LogP contribution in [-0.4, -0.2) is 17.5 Å². The lowest BCUT2D eigenvalue weighted by molar-refractivity contribution is -0.137. The van der Waals surface area contributed by atoms with Gasteiger partial charge in [-0.3, -0.25) is 11.3 Å². The van der Waals surface area contributed by atoms with E-state index >= 15 is 0 Å². The van der Waals surface area contributed by atoms with Crippen LogP contribution in [0.3, 0.4) is 0 Å². The predicted octanol–water partition coefficient (Wildman–Crippen LogP) is 2.83. The number of hydrogen-bond acceptors (Lipinski definition) is 3. The normalized spacial score (nSPS) is 13.6. The van der Waals surface area contributed by atoms with E-state index in [9.17, 15) is 13.2 Å². The Balaban J connectivity index is 2.71. The number of nitrogens with one attached hydrogen (secondary N) is 1. The Kier molecular flexibility index (Phi) is 5.98. The molecular weight excluding hydrogens is 261 g/mol. The summed E-state index contributed by atoms with van der Waals surface area (Å²) in [5.74, 6) is 7.14. The van der Waals surface area contributed by atoms with Gasteiger partial charge in [0.05, 0.1) is 5.56 Å². The number of halogens is 3. The zero-order chi connectivity index (χ0) is 13.6. The van der Waals surface area contributed by atoms with Crippen LogP contribution >= 0.6 is 11.8 Å². The SMILES string of the molecule is CCSCC(Cc1cccc(C(F)(F)F)c1)NN. The third-order valence-corrected chi connectivity index (χ3v) is 3.54. The van der Waals surface area contributed by atoms with E-state index in [0.717, 1.165) is 17.6 Å². The number of hydrogen-bond donors (Lipinski definition) is 2. The maximum absolute atomic E-state index is 12.5. The molecule has 0 saturated carbocycles. The van der Waals surface area contributed by atoms with Gasteiger partial charge in [-0.1, -0.05) is 25.1 Å². The molecule has 1 aromatic rings. The molecule has 18 heavy (non-hydrogen) atoms. The van der Waals surface area contributed by atoms with E-state index in [0.29, 0.717) is 12.0 Å². The summed E-state index contributed by atoms with van der Waals surface area (Å²) in [7, 11) is 0. The molecule has 1 atom stereocenters. The van der Waals surface area contributed by atoms with Crippen LogP contribution in [0.25, 0.3) is 0 Å². The van der Waals surface area contributed by atoms with E-state index in [1.165, 1.54) is 12.1 Å². The quantitative estimate of drug-likeness (QED) is 0.621. The molecule has 6 heteroatoms. The topological polar surface area (TPSA) is 38.0 Å². The summed E-state index contributed by atoms with van der Waals surface area (Å²) in [6.07, 6.45) is -3.80. The van der Waals surface area contributed by atoms with Crippen molar-refractivity contribution in [1.29, 1.82) is 0 Å². The van der Waals surface area contributed by atoms with Crippen molar-refractivity contribution in [3.63, 3.8) is 0 Å². The van der Waals surface area contributed by atoms with Crippen LogP contribution in [0.4, 0.5) is 13.2 Å². The van der Waals surface area contributed by atoms with Gasteiger partial charge < -0.3 is 0 Å². The largest absolute Gasteiger partial charge is 0.416 e. The molecule has 0 fully saturated rings. The van der Waals surface area contributed by atoms with Gasteiger partial charge in [0, 0.05) is 11.8 Å². The molecule has 0 aliphatic heterocycles. The first-order chi connectivity index (χ1) is 8.47. The highest BCUT2D eigenvalue weighted by molar-refractivity contribution is 7.99. The molecule has 0 saturated heterocycles. The molecule has 0 radical (unpaired) electrons. The molecule has 1 aromatic carbocycles. The molecule has 0 aliphatic carbocycles. The molecule has 0 aromatic heterocycles. The van der Waals surface area contributed by atoms with Crippen LogP contribution in [-0.2, 0) is 12.6 Å². The molecule has 1 unspecified atom stereocenters. The monoisotopic (exact) mass is 278 g/mol. The van der Waals surface area contributed by atoms with Crippen molar-refractivity contribution >= 4 is 11.8 Å². The van der Waals surface area contributed by atoms with Gasteiger partial charge in [-0.2, -0.15) is 24.9 Å². The van der Waals surface area contributed by atoms with Gasteiger partial charge in [0.15, 0.2) is 0 Å². The van der Waals surface area contributed by atoms with Crippen molar-refractivity contribution in [3.8, 4) is 0 Å². The Bertz CT molecular complexity index is 369. The summed E-state index contributed by atoms with van der Waals surface area (Å²) in [6, 6.07) is 5.36. The van der Waals surface area contributed by atoms with Crippen LogP contribution in [0.5, 0.6) is 0 Å². The number of alkyl halides is 3. The first-order valence-corrected chi connectivity index (χ1v) is 6.82. The average Bonchev–Trinajstić information content (AvgIpc) is 2.33. The maximum Gasteiger partial charge on any atom is 0.416 e. The fraction of sp³-hybridized carbons (Fsp3) is 0.500. The molecule has 0 amide bonds. The van der Waals surface area contributed by atoms with Crippen LogP contribution in [0.1, 0.15) is 18.1 Å². The Morgan fingerprint density at radius 1 is 1.39 bits per heavy atom. The first kappa shape index (κ1) is 15.3. The number of rotatable bonds is 6. The number of nitrogens with two attached hydrogens (primary N) is 1. The van der Waals surface area contributed by atoms with E-state index in [-0.39, 0.29) is 6.04 Å². The lowest BCUT2D eigenvalue weighted by Gasteiger charge is -2.16. The smallest absolute Gasteiger partial charge is 0.271 e. The van der Waals surface area contributed by atoms with E-state index in [4.69, 9.17) is 5.84 Å². The average molecular weight is 278 g/mol. The fourth-order valence-electron chi connectivity index (χ4n) is 1.59. The van der Waals surface area contributed by atoms with Crippen molar-refractivity contribution in [2.45, 2.75) is 25.6 Å². The van der Waals surface area contributed by atoms with E-state index in [1.807, 2.05) is 6.92 Å². The summed E-state index contributed by atoms with van der Waals surface area (Å²) in [6.45, 7) is 2.03. The molecule has 0 bridgehead atoms. The summed E-state index contributed by atoms with van der Waals surface area (Å²) in [4.78, 5) is 0. The highest BCUT2D eigenvalue weighted by Gasteiger charge is 2.30. The fourth-order valence-corrected chi connectivity index (χ4v) is 2.32. The predicted molar refractivity (Wildman–Crippen MR) is 69.3 cm³/mol. The zero-order valence-corrected chi connectivity index (χ0v) is 10.9. The van der Waals surface area contributed by atoms with Gasteiger partial charge in [0.25, 0.3) is 0 Å². The Morgan fingerprint density at radius 2 is 2.11 bits per heavy atom. The molecule has 0 aliphatic rings. The molecule has 1 rings (SSSR count). The number of benzene rings is 1. The molecule has 2 nitrogen and oxygen atoms in total. The lowest BCUT2D eigenvalue weighted by atomic mass is 10.0. The zero-order valence-electron chi connectivity index (χ0n) is 10.1. The van der Waals surface area contributed by atoms with Crippen LogP contribution in [0.2, 0.25) is 0 Å². The third kappa shape index (κ3) is 4.88. The summed E-state index contributed by atoms with van der Waals surface area (Å²) in [5.41, 5.74) is 2.67. The van der Waals surface area contributed by atoms with Gasteiger partial charge in [-0.15, -0.1) is 0 Å². The third-order valence-electron chi connectivity index (χ3n) is 2.50. The Hall–Kier alpha value is -0.720. The molecule has 102 valence electrons. The molecule has 0 spiro atoms. The summed E-state index contributed by atoms with van der Waals surface area (Å²) < 4.78 is 37.6. The Labute approximate surface area is 109 Å². The van der Waals surface area contributed by atoms with Crippen LogP contribution in [0, 0.1) is 0 Å². The second-order valence-corrected chi connectivity index (χ2v) is 5.24. The highest BCUT2D eigenvalue weighted by Crippen LogP contribution is 2.29. The van der Waals surface area contributed by atoms with Gasteiger partial charge in [-0.25, -0.2) is 0 Å². The minimum atomic E-state index is -4.29. The highest BCUT2D eigenvalue weighted by atomic mass is 32.2. The van der Waals surface area contributed by atoms with E-state index in [1.54, 1.807) is 17.8 Å². The minimum absolute atomic E-state index is 0.0153. The standard InChI is InChI=1S/C12H17F3N2S/c1-2-18-8-11(17-16)7-9-4-3-5-10(6-9)12(13,14)15/h3-6,11,17H,2,7-8,16H2,1H3. The molecule has 3 N–H and O–H groups in total. The number of thioether (sulfide) groups is 1. The lowest BCUT2D eigenvalue weighted by Crippen LogP contribution is -2.38.